The molecule has 96 valence electrons. The molecule has 0 amide bonds. The van der Waals surface area contributed by atoms with Crippen LogP contribution in [0.2, 0.25) is 0 Å². The van der Waals surface area contributed by atoms with Gasteiger partial charge in [0, 0.05) is 18.5 Å². The third-order valence-corrected chi connectivity index (χ3v) is 4.08. The third-order valence-electron chi connectivity index (χ3n) is 2.97. The Balaban J connectivity index is 2.41. The Kier molecular flexibility index (Phi) is 3.47. The Bertz CT molecular complexity index is 594. The standard InChI is InChI=1S/C12H15N3O2S/c1-7-8(2)18-12-10(7)11(13-6-14-12)15(3)5-4-9(16)17/h6H,4-5H2,1-3H3,(H,16,17). The minimum atomic E-state index is -0.801. The van der Waals surface area contributed by atoms with Crippen molar-refractivity contribution in [1.29, 1.82) is 0 Å². The first-order chi connectivity index (χ1) is 8.50. The number of carbonyl (C=O) groups is 1. The van der Waals surface area contributed by atoms with Crippen LogP contribution in [0.3, 0.4) is 0 Å². The number of carboxylic acid groups (broad SMARTS) is 1. The van der Waals surface area contributed by atoms with Crippen LogP contribution in [0.4, 0.5) is 5.82 Å². The monoisotopic (exact) mass is 265 g/mol. The maximum absolute atomic E-state index is 10.6. The van der Waals surface area contributed by atoms with E-state index in [9.17, 15) is 4.79 Å². The molecule has 18 heavy (non-hydrogen) atoms. The van der Waals surface area contributed by atoms with Crippen LogP contribution in [-0.2, 0) is 4.79 Å². The number of nitrogens with zero attached hydrogens (tertiary/aromatic N) is 3. The number of aryl methyl sites for hydroxylation is 2. The molecule has 0 aromatic carbocycles. The lowest BCUT2D eigenvalue weighted by Gasteiger charge is -2.18. The molecule has 0 aliphatic heterocycles. The molecule has 0 unspecified atom stereocenters. The highest BCUT2D eigenvalue weighted by molar-refractivity contribution is 7.18. The first kappa shape index (κ1) is 12.8. The second-order valence-electron chi connectivity index (χ2n) is 4.23. The van der Waals surface area contributed by atoms with Gasteiger partial charge in [0.25, 0.3) is 0 Å². The number of carboxylic acids is 1. The Morgan fingerprint density at radius 2 is 2.17 bits per heavy atom. The predicted octanol–water partition coefficient (Wildman–Crippen LogP) is 2.22. The van der Waals surface area contributed by atoms with Gasteiger partial charge < -0.3 is 10.0 Å². The fourth-order valence-corrected chi connectivity index (χ4v) is 2.81. The van der Waals surface area contributed by atoms with Crippen LogP contribution >= 0.6 is 11.3 Å². The Labute approximate surface area is 109 Å². The Hall–Kier alpha value is -1.69. The van der Waals surface area contributed by atoms with Gasteiger partial charge in [-0.05, 0) is 19.4 Å². The molecular weight excluding hydrogens is 250 g/mol. The lowest BCUT2D eigenvalue weighted by atomic mass is 10.2. The zero-order chi connectivity index (χ0) is 13.3. The Morgan fingerprint density at radius 3 is 2.83 bits per heavy atom. The summed E-state index contributed by atoms with van der Waals surface area (Å²) in [6, 6.07) is 0. The second kappa shape index (κ2) is 4.89. The van der Waals surface area contributed by atoms with Crippen LogP contribution in [0.5, 0.6) is 0 Å². The molecule has 0 radical (unpaired) electrons. The summed E-state index contributed by atoms with van der Waals surface area (Å²) in [5.41, 5.74) is 1.17. The molecule has 0 bridgehead atoms. The molecular formula is C12H15N3O2S. The molecule has 2 rings (SSSR count). The Morgan fingerprint density at radius 1 is 1.44 bits per heavy atom. The van der Waals surface area contributed by atoms with E-state index in [1.165, 1.54) is 16.8 Å². The maximum Gasteiger partial charge on any atom is 0.305 e. The van der Waals surface area contributed by atoms with Gasteiger partial charge in [-0.3, -0.25) is 4.79 Å². The van der Waals surface area contributed by atoms with Crippen molar-refractivity contribution in [2.75, 3.05) is 18.5 Å². The van der Waals surface area contributed by atoms with Crippen LogP contribution in [0.15, 0.2) is 6.33 Å². The van der Waals surface area contributed by atoms with Crippen molar-refractivity contribution in [3.63, 3.8) is 0 Å². The molecule has 6 heteroatoms. The van der Waals surface area contributed by atoms with Crippen molar-refractivity contribution in [3.05, 3.63) is 16.8 Å². The van der Waals surface area contributed by atoms with Gasteiger partial charge in [-0.1, -0.05) is 0 Å². The summed E-state index contributed by atoms with van der Waals surface area (Å²) >= 11 is 1.64. The van der Waals surface area contributed by atoms with Crippen LogP contribution in [0, 0.1) is 13.8 Å². The summed E-state index contributed by atoms with van der Waals surface area (Å²) in [4.78, 5) is 23.2. The summed E-state index contributed by atoms with van der Waals surface area (Å²) in [5.74, 6) is 0.00784. The third kappa shape index (κ3) is 2.28. The van der Waals surface area contributed by atoms with Crippen LogP contribution in [0.25, 0.3) is 10.2 Å². The molecule has 0 spiro atoms. The van der Waals surface area contributed by atoms with Gasteiger partial charge in [-0.15, -0.1) is 11.3 Å². The number of aliphatic carboxylic acids is 1. The maximum atomic E-state index is 10.6. The number of rotatable bonds is 4. The molecule has 0 aliphatic carbocycles. The zero-order valence-electron chi connectivity index (χ0n) is 10.6. The fraction of sp³-hybridized carbons (Fsp3) is 0.417. The van der Waals surface area contributed by atoms with E-state index < -0.39 is 5.97 Å². The van der Waals surface area contributed by atoms with Gasteiger partial charge in [0.2, 0.25) is 0 Å². The fourth-order valence-electron chi connectivity index (χ4n) is 1.82. The smallest absolute Gasteiger partial charge is 0.305 e. The van der Waals surface area contributed by atoms with Gasteiger partial charge in [0.05, 0.1) is 11.8 Å². The lowest BCUT2D eigenvalue weighted by molar-refractivity contribution is -0.136. The molecule has 2 heterocycles. The van der Waals surface area contributed by atoms with Crippen molar-refractivity contribution < 1.29 is 9.90 Å². The first-order valence-corrected chi connectivity index (χ1v) is 6.46. The van der Waals surface area contributed by atoms with E-state index in [4.69, 9.17) is 5.11 Å². The van der Waals surface area contributed by atoms with E-state index in [1.54, 1.807) is 11.3 Å². The minimum absolute atomic E-state index is 0.101. The largest absolute Gasteiger partial charge is 0.481 e. The van der Waals surface area contributed by atoms with E-state index in [1.807, 2.05) is 18.9 Å². The highest BCUT2D eigenvalue weighted by Crippen LogP contribution is 2.33. The van der Waals surface area contributed by atoms with Gasteiger partial charge in [0.15, 0.2) is 0 Å². The van der Waals surface area contributed by atoms with E-state index in [0.717, 1.165) is 16.0 Å². The SMILES string of the molecule is Cc1sc2ncnc(N(C)CCC(=O)O)c2c1C. The number of thiophene rings is 1. The van der Waals surface area contributed by atoms with Crippen LogP contribution in [-0.4, -0.2) is 34.6 Å². The summed E-state index contributed by atoms with van der Waals surface area (Å²) in [5, 5.41) is 9.76. The number of fused-ring (bicyclic) bond motifs is 1. The number of anilines is 1. The van der Waals surface area contributed by atoms with Gasteiger partial charge in [-0.25, -0.2) is 9.97 Å². The molecule has 0 fully saturated rings. The van der Waals surface area contributed by atoms with Crippen molar-refractivity contribution in [2.24, 2.45) is 0 Å². The quantitative estimate of drug-likeness (QED) is 0.918. The van der Waals surface area contributed by atoms with Crippen LogP contribution in [0.1, 0.15) is 16.9 Å². The highest BCUT2D eigenvalue weighted by Gasteiger charge is 2.15. The number of aromatic nitrogens is 2. The molecule has 2 aromatic rings. The lowest BCUT2D eigenvalue weighted by Crippen LogP contribution is -2.22. The molecule has 1 N–H and O–H groups in total. The molecule has 0 aliphatic rings. The summed E-state index contributed by atoms with van der Waals surface area (Å²) in [7, 11) is 1.86. The first-order valence-electron chi connectivity index (χ1n) is 5.64. The average Bonchev–Trinajstić information content (AvgIpc) is 2.62. The molecule has 5 nitrogen and oxygen atoms in total. The number of hydrogen-bond acceptors (Lipinski definition) is 5. The van der Waals surface area contributed by atoms with E-state index in [0.29, 0.717) is 6.54 Å². The van der Waals surface area contributed by atoms with Crippen molar-refractivity contribution >= 4 is 33.3 Å². The molecule has 0 atom stereocenters. The van der Waals surface area contributed by atoms with Gasteiger partial charge in [0.1, 0.15) is 17.0 Å². The van der Waals surface area contributed by atoms with E-state index >= 15 is 0 Å². The molecule has 0 saturated heterocycles. The van der Waals surface area contributed by atoms with E-state index in [2.05, 4.69) is 16.9 Å². The van der Waals surface area contributed by atoms with E-state index in [-0.39, 0.29) is 6.42 Å². The van der Waals surface area contributed by atoms with Gasteiger partial charge in [-0.2, -0.15) is 0 Å². The summed E-state index contributed by atoms with van der Waals surface area (Å²) in [6.07, 6.45) is 1.63. The predicted molar refractivity (Wildman–Crippen MR) is 72.4 cm³/mol. The summed E-state index contributed by atoms with van der Waals surface area (Å²) < 4.78 is 0. The number of hydrogen-bond donors (Lipinski definition) is 1. The second-order valence-corrected chi connectivity index (χ2v) is 5.43. The van der Waals surface area contributed by atoms with Crippen molar-refractivity contribution in [3.8, 4) is 0 Å². The minimum Gasteiger partial charge on any atom is -0.481 e. The average molecular weight is 265 g/mol. The molecule has 2 aromatic heterocycles. The highest BCUT2D eigenvalue weighted by atomic mass is 32.1. The van der Waals surface area contributed by atoms with Crippen molar-refractivity contribution in [1.82, 2.24) is 9.97 Å². The van der Waals surface area contributed by atoms with Gasteiger partial charge >= 0.3 is 5.97 Å². The van der Waals surface area contributed by atoms with Crippen LogP contribution < -0.4 is 4.90 Å². The molecule has 0 saturated carbocycles. The zero-order valence-corrected chi connectivity index (χ0v) is 11.4. The summed E-state index contributed by atoms with van der Waals surface area (Å²) in [6.45, 7) is 4.55. The topological polar surface area (TPSA) is 66.3 Å². The van der Waals surface area contributed by atoms with Crippen molar-refractivity contribution in [2.45, 2.75) is 20.3 Å². The normalized spacial score (nSPS) is 10.8.